The number of hydrazone groups is 1. The third kappa shape index (κ3) is 4.13. The minimum absolute atomic E-state index is 0.119. The highest BCUT2D eigenvalue weighted by Gasteiger charge is 2.08. The highest BCUT2D eigenvalue weighted by atomic mass is 16.3. The van der Waals surface area contributed by atoms with Crippen LogP contribution in [0.25, 0.3) is 0 Å². The Morgan fingerprint density at radius 1 is 1.33 bits per heavy atom. The molecule has 1 amide bonds. The van der Waals surface area contributed by atoms with Crippen LogP contribution < -0.4 is 16.7 Å². The van der Waals surface area contributed by atoms with Gasteiger partial charge in [-0.05, 0) is 29.8 Å². The second kappa shape index (κ2) is 6.28. The number of phenols is 1. The Hall–Kier alpha value is -3.23. The van der Waals surface area contributed by atoms with Gasteiger partial charge < -0.3 is 5.11 Å². The van der Waals surface area contributed by atoms with Crippen LogP contribution in [0, 0.1) is 0 Å². The van der Waals surface area contributed by atoms with Gasteiger partial charge in [0.1, 0.15) is 11.4 Å². The molecule has 0 aliphatic heterocycles. The van der Waals surface area contributed by atoms with E-state index in [1.165, 1.54) is 18.3 Å². The molecule has 1 aromatic carbocycles. The van der Waals surface area contributed by atoms with Crippen LogP contribution in [0.3, 0.4) is 0 Å². The molecule has 0 fully saturated rings. The van der Waals surface area contributed by atoms with Crippen molar-refractivity contribution in [1.29, 1.82) is 0 Å². The molecule has 9 nitrogen and oxygen atoms in total. The number of hydrogen-bond acceptors (Lipinski definition) is 6. The summed E-state index contributed by atoms with van der Waals surface area (Å²) in [6.07, 6.45) is 1.06. The second-order valence-corrected chi connectivity index (χ2v) is 4.02. The van der Waals surface area contributed by atoms with Gasteiger partial charge >= 0.3 is 5.69 Å². The Morgan fingerprint density at radius 2 is 2.05 bits per heavy atom. The zero-order chi connectivity index (χ0) is 15.2. The first-order valence-corrected chi connectivity index (χ1v) is 5.83. The number of phenolic OH excluding ortho intramolecular Hbond substituents is 1. The summed E-state index contributed by atoms with van der Waals surface area (Å²) < 4.78 is 0. The molecule has 2 aromatic rings. The number of rotatable bonds is 4. The quantitative estimate of drug-likeness (QED) is 0.416. The molecule has 4 N–H and O–H groups in total. The highest BCUT2D eigenvalue weighted by molar-refractivity contribution is 5.83. The molecule has 0 saturated carbocycles. The second-order valence-electron chi connectivity index (χ2n) is 4.02. The van der Waals surface area contributed by atoms with Crippen LogP contribution in [0.4, 0.5) is 0 Å². The van der Waals surface area contributed by atoms with E-state index in [0.717, 1.165) is 0 Å². The Bertz CT molecular complexity index is 775. The Labute approximate surface area is 117 Å². The first-order chi connectivity index (χ1) is 10.0. The van der Waals surface area contributed by atoms with E-state index in [2.05, 4.69) is 15.6 Å². The molecule has 9 heteroatoms. The van der Waals surface area contributed by atoms with Gasteiger partial charge in [0.05, 0.1) is 12.6 Å². The Kier molecular flexibility index (Phi) is 4.24. The number of nitrogens with one attached hydrogen (secondary N) is 3. The van der Waals surface area contributed by atoms with Crippen molar-refractivity contribution in [3.63, 3.8) is 0 Å². The van der Waals surface area contributed by atoms with Crippen molar-refractivity contribution in [2.45, 2.75) is 6.42 Å². The van der Waals surface area contributed by atoms with Crippen LogP contribution in [0.5, 0.6) is 5.75 Å². The smallest absolute Gasteiger partial charge is 0.342 e. The maximum absolute atomic E-state index is 11.5. The zero-order valence-corrected chi connectivity index (χ0v) is 10.7. The number of carbonyl (C=O) groups is 1. The normalized spacial score (nSPS) is 10.7. The average Bonchev–Trinajstić information content (AvgIpc) is 2.44. The summed E-state index contributed by atoms with van der Waals surface area (Å²) in [6.45, 7) is 0. The lowest BCUT2D eigenvalue weighted by atomic mass is 10.2. The van der Waals surface area contributed by atoms with Gasteiger partial charge in [0.2, 0.25) is 5.91 Å². The maximum atomic E-state index is 11.5. The summed E-state index contributed by atoms with van der Waals surface area (Å²) in [4.78, 5) is 35.6. The number of nitrogens with zero attached hydrogens (tertiary/aromatic N) is 2. The van der Waals surface area contributed by atoms with Gasteiger partial charge in [-0.25, -0.2) is 15.3 Å². The van der Waals surface area contributed by atoms with E-state index in [9.17, 15) is 14.4 Å². The van der Waals surface area contributed by atoms with Gasteiger partial charge in [0.15, 0.2) is 0 Å². The molecule has 2 rings (SSSR count). The van der Waals surface area contributed by atoms with Gasteiger partial charge in [-0.3, -0.25) is 14.6 Å². The number of benzene rings is 1. The van der Waals surface area contributed by atoms with E-state index >= 15 is 0 Å². The topological polar surface area (TPSA) is 140 Å². The molecule has 0 saturated heterocycles. The fourth-order valence-electron chi connectivity index (χ4n) is 1.42. The summed E-state index contributed by atoms with van der Waals surface area (Å²) in [5.41, 5.74) is 1.31. The molecule has 1 aromatic heterocycles. The third-order valence-corrected chi connectivity index (χ3v) is 2.41. The van der Waals surface area contributed by atoms with Crippen LogP contribution in [0.2, 0.25) is 0 Å². The van der Waals surface area contributed by atoms with E-state index in [1.807, 2.05) is 10.1 Å². The van der Waals surface area contributed by atoms with E-state index in [-0.39, 0.29) is 17.9 Å². The lowest BCUT2D eigenvalue weighted by Gasteiger charge is -1.98. The third-order valence-electron chi connectivity index (χ3n) is 2.41. The van der Waals surface area contributed by atoms with Gasteiger partial charge in [0, 0.05) is 0 Å². The van der Waals surface area contributed by atoms with Gasteiger partial charge in [-0.1, -0.05) is 0 Å². The zero-order valence-electron chi connectivity index (χ0n) is 10.7. The fraction of sp³-hybridized carbons (Fsp3) is 0.0833. The summed E-state index contributed by atoms with van der Waals surface area (Å²) in [7, 11) is 0. The van der Waals surface area contributed by atoms with E-state index in [0.29, 0.717) is 5.56 Å². The summed E-state index contributed by atoms with van der Waals surface area (Å²) >= 11 is 0. The van der Waals surface area contributed by atoms with Crippen LogP contribution in [-0.2, 0) is 11.2 Å². The minimum Gasteiger partial charge on any atom is -0.508 e. The predicted molar refractivity (Wildman–Crippen MR) is 73.0 cm³/mol. The molecular formula is C12H11N5O4. The number of aromatic amines is 2. The molecule has 0 unspecified atom stereocenters. The van der Waals surface area contributed by atoms with Crippen molar-refractivity contribution in [2.24, 2.45) is 5.10 Å². The lowest BCUT2D eigenvalue weighted by molar-refractivity contribution is -0.120. The van der Waals surface area contributed by atoms with E-state index in [1.54, 1.807) is 12.1 Å². The number of amides is 1. The number of aromatic nitrogens is 3. The molecule has 0 bridgehead atoms. The minimum atomic E-state index is -0.741. The highest BCUT2D eigenvalue weighted by Crippen LogP contribution is 2.07. The maximum Gasteiger partial charge on any atom is 0.342 e. The van der Waals surface area contributed by atoms with Gasteiger partial charge in [-0.15, -0.1) is 0 Å². The summed E-state index contributed by atoms with van der Waals surface area (Å²) in [5.74, 6) is -0.436. The van der Waals surface area contributed by atoms with Crippen LogP contribution in [0.15, 0.2) is 39.0 Å². The Morgan fingerprint density at radius 3 is 2.71 bits per heavy atom. The predicted octanol–water partition coefficient (Wildman–Crippen LogP) is -1.14. The van der Waals surface area contributed by atoms with Crippen molar-refractivity contribution in [3.05, 3.63) is 56.4 Å². The standard InChI is InChI=1S/C12H11N5O4/c18-8-3-1-7(2-4-8)6-13-16-10(19)5-9-11(20)14-12(21)17-15-9/h1-4,6,18H,5H2,(H,16,19)(H2,14,17,20,21)/b13-6-. The summed E-state index contributed by atoms with van der Waals surface area (Å²) in [5, 5.41) is 18.3. The van der Waals surface area contributed by atoms with E-state index in [4.69, 9.17) is 5.11 Å². The van der Waals surface area contributed by atoms with Crippen molar-refractivity contribution in [1.82, 2.24) is 20.6 Å². The molecule has 0 spiro atoms. The largest absolute Gasteiger partial charge is 0.508 e. The molecule has 1 heterocycles. The van der Waals surface area contributed by atoms with E-state index < -0.39 is 17.2 Å². The summed E-state index contributed by atoms with van der Waals surface area (Å²) in [6, 6.07) is 6.18. The monoisotopic (exact) mass is 289 g/mol. The lowest BCUT2D eigenvalue weighted by Crippen LogP contribution is -2.31. The van der Waals surface area contributed by atoms with Gasteiger partial charge in [-0.2, -0.15) is 10.2 Å². The molecular weight excluding hydrogens is 278 g/mol. The average molecular weight is 289 g/mol. The first-order valence-electron chi connectivity index (χ1n) is 5.83. The van der Waals surface area contributed by atoms with Crippen molar-refractivity contribution in [3.8, 4) is 5.75 Å². The molecule has 0 aliphatic rings. The molecule has 108 valence electrons. The molecule has 0 aliphatic carbocycles. The number of aromatic hydroxyl groups is 1. The number of carbonyl (C=O) groups excluding carboxylic acids is 1. The number of H-pyrrole nitrogens is 2. The van der Waals surface area contributed by atoms with Gasteiger partial charge in [0.25, 0.3) is 5.56 Å². The SMILES string of the molecule is O=C(Cc1n[nH]c(=O)[nH]c1=O)N/N=C\c1ccc(O)cc1. The fourth-order valence-corrected chi connectivity index (χ4v) is 1.42. The first kappa shape index (κ1) is 14.2. The van der Waals surface area contributed by atoms with Crippen LogP contribution in [0.1, 0.15) is 11.3 Å². The van der Waals surface area contributed by atoms with Crippen molar-refractivity contribution >= 4 is 12.1 Å². The van der Waals surface area contributed by atoms with Crippen molar-refractivity contribution in [2.75, 3.05) is 0 Å². The van der Waals surface area contributed by atoms with Crippen LogP contribution >= 0.6 is 0 Å². The number of hydrogen-bond donors (Lipinski definition) is 4. The molecule has 0 radical (unpaired) electrons. The molecule has 0 atom stereocenters. The molecule has 21 heavy (non-hydrogen) atoms. The van der Waals surface area contributed by atoms with Crippen molar-refractivity contribution < 1.29 is 9.90 Å². The van der Waals surface area contributed by atoms with Crippen LogP contribution in [-0.4, -0.2) is 32.4 Å². The Balaban J connectivity index is 1.94.